The Balaban J connectivity index is 1.78. The van der Waals surface area contributed by atoms with Crippen LogP contribution in [0.3, 0.4) is 0 Å². The van der Waals surface area contributed by atoms with Gasteiger partial charge in [0.2, 0.25) is 11.9 Å². The molecule has 39 heavy (non-hydrogen) atoms. The van der Waals surface area contributed by atoms with Crippen molar-refractivity contribution in [3.8, 4) is 0 Å². The third kappa shape index (κ3) is 6.96. The molecule has 0 radical (unpaired) electrons. The third-order valence-electron chi connectivity index (χ3n) is 6.25. The molecular weight excluding hydrogens is 561 g/mol. The highest BCUT2D eigenvalue weighted by molar-refractivity contribution is 7.90. The number of carbonyl (C=O) groups excluding carboxylic acids is 1. The van der Waals surface area contributed by atoms with E-state index in [-0.39, 0.29) is 29.9 Å². The summed E-state index contributed by atoms with van der Waals surface area (Å²) in [5.74, 6) is -2.10. The zero-order valence-corrected chi connectivity index (χ0v) is 23.2. The maximum Gasteiger partial charge on any atom is 0.285 e. The maximum atomic E-state index is 13.3. The zero-order valence-electron chi connectivity index (χ0n) is 20.9. The first kappa shape index (κ1) is 28.6. The van der Waals surface area contributed by atoms with Crippen molar-refractivity contribution in [3.63, 3.8) is 0 Å². The highest BCUT2D eigenvalue weighted by Crippen LogP contribution is 2.30. The van der Waals surface area contributed by atoms with Crippen LogP contribution < -0.4 is 11.1 Å². The lowest BCUT2D eigenvalue weighted by Gasteiger charge is -2.22. The molecule has 0 spiro atoms. The highest BCUT2D eigenvalue weighted by Gasteiger charge is 2.33. The van der Waals surface area contributed by atoms with Gasteiger partial charge in [-0.15, -0.1) is 4.40 Å². The first-order valence-corrected chi connectivity index (χ1v) is 14.2. The molecular formula is C27H27Cl2N5O4S. The van der Waals surface area contributed by atoms with Crippen molar-refractivity contribution >= 4 is 50.8 Å². The predicted molar refractivity (Wildman–Crippen MR) is 152 cm³/mol. The summed E-state index contributed by atoms with van der Waals surface area (Å²) in [6.07, 6.45) is -1.08. The fraction of sp³-hybridized carbons (Fsp3) is 0.222. The molecule has 4 rings (SSSR count). The number of guanidine groups is 1. The van der Waals surface area contributed by atoms with Crippen LogP contribution in [0.5, 0.6) is 0 Å². The first-order chi connectivity index (χ1) is 18.5. The topological polar surface area (TPSA) is 137 Å². The van der Waals surface area contributed by atoms with E-state index in [1.54, 1.807) is 12.1 Å². The van der Waals surface area contributed by atoms with E-state index >= 15 is 0 Å². The van der Waals surface area contributed by atoms with Gasteiger partial charge in [0.25, 0.3) is 10.0 Å². The van der Waals surface area contributed by atoms with Crippen molar-refractivity contribution in [2.75, 3.05) is 13.1 Å². The molecule has 1 aliphatic rings. The molecule has 0 saturated heterocycles. The van der Waals surface area contributed by atoms with Crippen molar-refractivity contribution in [3.05, 3.63) is 100 Å². The van der Waals surface area contributed by atoms with E-state index < -0.39 is 28.0 Å². The number of nitrogens with zero attached hydrogens (tertiary/aromatic N) is 3. The number of halogens is 2. The standard InChI is InChI=1S/C27H27Cl2N5O4S/c1-17(35)23(26(30)36)15-31-27(33-39(37,38)22-13-11-21(29)12-14-22)34-16-24(18-5-3-2-4-6-18)25(32-34)19-7-9-20(28)10-8-19/h2-14,17,23-24,35H,15-16H2,1H3,(H2,30,36)(H,31,33)/t17-,23+,24-/m1/s1. The van der Waals surface area contributed by atoms with E-state index in [4.69, 9.17) is 34.0 Å². The Morgan fingerprint density at radius 3 is 2.23 bits per heavy atom. The SMILES string of the molecule is C[C@@H](O)[C@H](CN/C(=N\S(=O)(=O)c1ccc(Cl)cc1)N1C[C@H](c2ccccc2)C(c2ccc(Cl)cc2)=N1)C(N)=O. The smallest absolute Gasteiger partial charge is 0.285 e. The number of hydrazone groups is 1. The summed E-state index contributed by atoms with van der Waals surface area (Å²) < 4.78 is 30.6. The number of nitrogens with two attached hydrogens (primary N) is 1. The number of hydrogen-bond acceptors (Lipinski definition) is 5. The highest BCUT2D eigenvalue weighted by atomic mass is 35.5. The number of rotatable bonds is 8. The largest absolute Gasteiger partial charge is 0.393 e. The molecule has 9 nitrogen and oxygen atoms in total. The van der Waals surface area contributed by atoms with E-state index in [2.05, 4.69) is 9.71 Å². The lowest BCUT2D eigenvalue weighted by molar-refractivity contribution is -0.124. The van der Waals surface area contributed by atoms with Crippen molar-refractivity contribution < 1.29 is 18.3 Å². The number of carbonyl (C=O) groups is 1. The van der Waals surface area contributed by atoms with Crippen LogP contribution in [0, 0.1) is 5.92 Å². The monoisotopic (exact) mass is 587 g/mol. The third-order valence-corrected chi connectivity index (χ3v) is 8.03. The van der Waals surface area contributed by atoms with Gasteiger partial charge in [-0.2, -0.15) is 13.5 Å². The minimum Gasteiger partial charge on any atom is -0.393 e. The van der Waals surface area contributed by atoms with Gasteiger partial charge in [-0.05, 0) is 54.4 Å². The number of aliphatic hydroxyl groups is 1. The first-order valence-electron chi connectivity index (χ1n) is 12.0. The van der Waals surface area contributed by atoms with Gasteiger partial charge in [0.15, 0.2) is 0 Å². The fourth-order valence-electron chi connectivity index (χ4n) is 4.12. The lowest BCUT2D eigenvalue weighted by Crippen LogP contribution is -2.46. The Bertz CT molecular complexity index is 1480. The molecule has 0 aliphatic carbocycles. The summed E-state index contributed by atoms with van der Waals surface area (Å²) in [7, 11) is -4.21. The van der Waals surface area contributed by atoms with Gasteiger partial charge in [-0.3, -0.25) is 4.79 Å². The minimum absolute atomic E-state index is 0.0751. The van der Waals surface area contributed by atoms with Crippen LogP contribution in [0.2, 0.25) is 10.0 Å². The van der Waals surface area contributed by atoms with Crippen molar-refractivity contribution in [2.24, 2.45) is 21.2 Å². The van der Waals surface area contributed by atoms with Crippen LogP contribution in [-0.4, -0.2) is 55.3 Å². The summed E-state index contributed by atoms with van der Waals surface area (Å²) in [4.78, 5) is 11.8. The Labute approximate surface area is 237 Å². The number of hydrogen-bond donors (Lipinski definition) is 3. The van der Waals surface area contributed by atoms with Crippen LogP contribution in [0.15, 0.2) is 93.3 Å². The Morgan fingerprint density at radius 2 is 1.67 bits per heavy atom. The molecule has 204 valence electrons. The number of primary amides is 1. The van der Waals surface area contributed by atoms with Gasteiger partial charge in [0, 0.05) is 22.5 Å². The van der Waals surface area contributed by atoms with Crippen LogP contribution in [0.1, 0.15) is 24.0 Å². The van der Waals surface area contributed by atoms with Crippen molar-refractivity contribution in [2.45, 2.75) is 23.8 Å². The Morgan fingerprint density at radius 1 is 1.08 bits per heavy atom. The fourth-order valence-corrected chi connectivity index (χ4v) is 5.34. The van der Waals surface area contributed by atoms with Crippen LogP contribution in [-0.2, 0) is 14.8 Å². The van der Waals surface area contributed by atoms with E-state index in [0.29, 0.717) is 15.8 Å². The molecule has 0 aromatic heterocycles. The molecule has 1 amide bonds. The summed E-state index contributed by atoms with van der Waals surface area (Å²) >= 11 is 12.0. The van der Waals surface area contributed by atoms with E-state index in [1.807, 2.05) is 42.5 Å². The normalized spacial score (nSPS) is 17.4. The number of amides is 1. The molecule has 1 aliphatic heterocycles. The van der Waals surface area contributed by atoms with Crippen LogP contribution in [0.25, 0.3) is 0 Å². The van der Waals surface area contributed by atoms with E-state index in [1.165, 1.54) is 36.2 Å². The minimum atomic E-state index is -4.21. The average molecular weight is 589 g/mol. The molecule has 3 atom stereocenters. The molecule has 0 fully saturated rings. The van der Waals surface area contributed by atoms with Gasteiger partial charge in [0.05, 0.1) is 29.2 Å². The van der Waals surface area contributed by atoms with Gasteiger partial charge >= 0.3 is 0 Å². The Kier molecular flexibility index (Phi) is 8.91. The molecule has 3 aromatic carbocycles. The maximum absolute atomic E-state index is 13.3. The molecule has 0 bridgehead atoms. The number of nitrogens with one attached hydrogen (secondary N) is 1. The second-order valence-corrected chi connectivity index (χ2v) is 11.5. The van der Waals surface area contributed by atoms with Crippen LogP contribution in [0.4, 0.5) is 0 Å². The second-order valence-electron chi connectivity index (χ2n) is 9.01. The van der Waals surface area contributed by atoms with Gasteiger partial charge < -0.3 is 16.2 Å². The van der Waals surface area contributed by atoms with Crippen LogP contribution >= 0.6 is 23.2 Å². The zero-order chi connectivity index (χ0) is 28.2. The summed E-state index contributed by atoms with van der Waals surface area (Å²) in [6.45, 7) is 1.51. The molecule has 3 aromatic rings. The molecule has 0 unspecified atom stereocenters. The van der Waals surface area contributed by atoms with E-state index in [9.17, 15) is 18.3 Å². The summed E-state index contributed by atoms with van der Waals surface area (Å²) in [5, 5.41) is 20.1. The molecule has 4 N–H and O–H groups in total. The van der Waals surface area contributed by atoms with Gasteiger partial charge in [-0.25, -0.2) is 5.01 Å². The van der Waals surface area contributed by atoms with Gasteiger partial charge in [-0.1, -0.05) is 65.7 Å². The lowest BCUT2D eigenvalue weighted by atomic mass is 9.91. The molecule has 12 heteroatoms. The summed E-state index contributed by atoms with van der Waals surface area (Å²) in [5.41, 5.74) is 7.90. The number of sulfonamides is 1. The van der Waals surface area contributed by atoms with Gasteiger partial charge in [0.1, 0.15) is 0 Å². The number of benzene rings is 3. The average Bonchev–Trinajstić information content (AvgIpc) is 3.34. The second kappa shape index (κ2) is 12.2. The quantitative estimate of drug-likeness (QED) is 0.272. The Hall–Kier alpha value is -3.44. The number of aliphatic hydroxyl groups excluding tert-OH is 1. The molecule has 1 heterocycles. The van der Waals surface area contributed by atoms with E-state index in [0.717, 1.165) is 11.1 Å². The predicted octanol–water partition coefficient (Wildman–Crippen LogP) is 3.61. The summed E-state index contributed by atoms with van der Waals surface area (Å²) in [6, 6.07) is 22.4. The van der Waals surface area contributed by atoms with Crippen molar-refractivity contribution in [1.82, 2.24) is 10.3 Å². The van der Waals surface area contributed by atoms with Crippen molar-refractivity contribution in [1.29, 1.82) is 0 Å². The molecule has 0 saturated carbocycles.